The Kier molecular flexibility index (Phi) is 6.37. The molecule has 0 bridgehead atoms. The Hall–Kier alpha value is -2.37. The number of amides is 1. The zero-order valence-electron chi connectivity index (χ0n) is 17.2. The zero-order valence-corrected chi connectivity index (χ0v) is 17.2. The van der Waals surface area contributed by atoms with Crippen LogP contribution in [0.4, 0.5) is 4.39 Å². The fourth-order valence-electron chi connectivity index (χ4n) is 3.56. The van der Waals surface area contributed by atoms with E-state index in [1.54, 1.807) is 0 Å². The van der Waals surface area contributed by atoms with E-state index in [1.807, 2.05) is 4.90 Å². The summed E-state index contributed by atoms with van der Waals surface area (Å²) in [6, 6.07) is 8.27. The molecule has 0 N–H and O–H groups in total. The van der Waals surface area contributed by atoms with Crippen LogP contribution in [0.25, 0.3) is 0 Å². The van der Waals surface area contributed by atoms with Crippen LogP contribution in [0.3, 0.4) is 0 Å². The molecular formula is C22H30FN3O2. The van der Waals surface area contributed by atoms with Gasteiger partial charge in [0.15, 0.2) is 6.61 Å². The van der Waals surface area contributed by atoms with Crippen LogP contribution in [-0.2, 0) is 4.79 Å². The lowest BCUT2D eigenvalue weighted by Crippen LogP contribution is -2.41. The third-order valence-electron chi connectivity index (χ3n) is 5.31. The molecule has 1 aliphatic heterocycles. The third kappa shape index (κ3) is 4.72. The van der Waals surface area contributed by atoms with Crippen LogP contribution in [0.1, 0.15) is 69.8 Å². The molecule has 1 aliphatic rings. The number of hydrogen-bond acceptors (Lipinski definition) is 3. The van der Waals surface area contributed by atoms with E-state index in [-0.39, 0.29) is 18.3 Å². The number of aromatic nitrogens is 2. The molecule has 1 saturated heterocycles. The van der Waals surface area contributed by atoms with E-state index in [9.17, 15) is 9.18 Å². The molecule has 0 unspecified atom stereocenters. The molecule has 1 aromatic heterocycles. The number of carbonyl (C=O) groups is 1. The van der Waals surface area contributed by atoms with E-state index in [4.69, 9.17) is 9.84 Å². The average molecular weight is 387 g/mol. The maximum atomic E-state index is 12.9. The first-order valence-corrected chi connectivity index (χ1v) is 10.1. The van der Waals surface area contributed by atoms with Gasteiger partial charge in [-0.3, -0.25) is 9.48 Å². The highest BCUT2D eigenvalue weighted by atomic mass is 19.1. The van der Waals surface area contributed by atoms with Crippen LogP contribution in [-0.4, -0.2) is 40.3 Å². The smallest absolute Gasteiger partial charge is 0.260 e. The molecular weight excluding hydrogens is 357 g/mol. The summed E-state index contributed by atoms with van der Waals surface area (Å²) in [5.41, 5.74) is 2.41. The van der Waals surface area contributed by atoms with Gasteiger partial charge >= 0.3 is 0 Å². The van der Waals surface area contributed by atoms with E-state index < -0.39 is 0 Å². The predicted molar refractivity (Wildman–Crippen MR) is 107 cm³/mol. The third-order valence-corrected chi connectivity index (χ3v) is 5.31. The number of piperidine rings is 1. The first kappa shape index (κ1) is 20.4. The van der Waals surface area contributed by atoms with Gasteiger partial charge < -0.3 is 9.64 Å². The molecule has 5 nitrogen and oxygen atoms in total. The number of rotatable bonds is 6. The van der Waals surface area contributed by atoms with Crippen molar-refractivity contribution < 1.29 is 13.9 Å². The van der Waals surface area contributed by atoms with Crippen molar-refractivity contribution in [1.82, 2.24) is 14.7 Å². The standard InChI is InChI=1S/C22H30FN3O2/c1-15(2)20-13-21(16(3)4)26(24-20)18-9-11-25(12-10-18)22(27)14-28-19-7-5-17(23)6-8-19/h5-8,13,15-16,18H,9-12,14H2,1-4H3. The molecule has 0 spiro atoms. The Balaban J connectivity index is 1.56. The minimum Gasteiger partial charge on any atom is -0.484 e. The van der Waals surface area contributed by atoms with Gasteiger partial charge in [-0.05, 0) is 55.0 Å². The molecule has 0 radical (unpaired) electrons. The van der Waals surface area contributed by atoms with Crippen LogP contribution < -0.4 is 4.74 Å². The second-order valence-electron chi connectivity index (χ2n) is 8.10. The van der Waals surface area contributed by atoms with Crippen molar-refractivity contribution in [2.45, 2.75) is 58.4 Å². The predicted octanol–water partition coefficient (Wildman–Crippen LogP) is 4.51. The SMILES string of the molecule is CC(C)c1cc(C(C)C)n(C2CCN(C(=O)COc3ccc(F)cc3)CC2)n1. The van der Waals surface area contributed by atoms with Gasteiger partial charge in [-0.2, -0.15) is 5.10 Å². The van der Waals surface area contributed by atoms with E-state index in [1.165, 1.54) is 30.0 Å². The summed E-state index contributed by atoms with van der Waals surface area (Å²) in [6.45, 7) is 10.1. The quantitative estimate of drug-likeness (QED) is 0.733. The molecule has 3 rings (SSSR count). The summed E-state index contributed by atoms with van der Waals surface area (Å²) in [5, 5.41) is 4.87. The van der Waals surface area contributed by atoms with Crippen molar-refractivity contribution in [3.63, 3.8) is 0 Å². The molecule has 2 aromatic rings. The van der Waals surface area contributed by atoms with Gasteiger partial charge in [-0.15, -0.1) is 0 Å². The number of carbonyl (C=O) groups excluding carboxylic acids is 1. The lowest BCUT2D eigenvalue weighted by molar-refractivity contribution is -0.134. The number of halogens is 1. The Morgan fingerprint density at radius 1 is 1.14 bits per heavy atom. The van der Waals surface area contributed by atoms with E-state index >= 15 is 0 Å². The van der Waals surface area contributed by atoms with Gasteiger partial charge in [-0.25, -0.2) is 4.39 Å². The number of ether oxygens (including phenoxy) is 1. The highest BCUT2D eigenvalue weighted by Crippen LogP contribution is 2.29. The minimum atomic E-state index is -0.319. The second kappa shape index (κ2) is 8.76. The summed E-state index contributed by atoms with van der Waals surface area (Å²) in [7, 11) is 0. The zero-order chi connectivity index (χ0) is 20.3. The Morgan fingerprint density at radius 3 is 2.36 bits per heavy atom. The molecule has 0 aliphatic carbocycles. The summed E-state index contributed by atoms with van der Waals surface area (Å²) in [4.78, 5) is 14.3. The molecule has 1 amide bonds. The fraction of sp³-hybridized carbons (Fsp3) is 0.545. The molecule has 0 atom stereocenters. The molecule has 0 saturated carbocycles. The highest BCUT2D eigenvalue weighted by molar-refractivity contribution is 5.77. The van der Waals surface area contributed by atoms with Gasteiger partial charge in [0.25, 0.3) is 5.91 Å². The number of benzene rings is 1. The second-order valence-corrected chi connectivity index (χ2v) is 8.10. The normalized spacial score (nSPS) is 15.5. The first-order valence-electron chi connectivity index (χ1n) is 10.1. The van der Waals surface area contributed by atoms with Crippen molar-refractivity contribution in [1.29, 1.82) is 0 Å². The molecule has 28 heavy (non-hydrogen) atoms. The molecule has 1 aromatic carbocycles. The lowest BCUT2D eigenvalue weighted by Gasteiger charge is -2.33. The van der Waals surface area contributed by atoms with Crippen LogP contribution in [0.5, 0.6) is 5.75 Å². The van der Waals surface area contributed by atoms with Crippen LogP contribution in [0.15, 0.2) is 30.3 Å². The molecule has 2 heterocycles. The Labute approximate surface area is 166 Å². The summed E-state index contributed by atoms with van der Waals surface area (Å²) < 4.78 is 20.6. The number of nitrogens with zero attached hydrogens (tertiary/aromatic N) is 3. The summed E-state index contributed by atoms with van der Waals surface area (Å²) >= 11 is 0. The monoisotopic (exact) mass is 387 g/mol. The van der Waals surface area contributed by atoms with Crippen molar-refractivity contribution in [2.75, 3.05) is 19.7 Å². The Bertz CT molecular complexity index is 791. The van der Waals surface area contributed by atoms with Gasteiger partial charge in [-0.1, -0.05) is 27.7 Å². The first-order chi connectivity index (χ1) is 13.3. The summed E-state index contributed by atoms with van der Waals surface area (Å²) in [6.07, 6.45) is 1.78. The molecule has 6 heteroatoms. The highest BCUT2D eigenvalue weighted by Gasteiger charge is 2.27. The topological polar surface area (TPSA) is 47.4 Å². The van der Waals surface area contributed by atoms with Crippen molar-refractivity contribution >= 4 is 5.91 Å². The number of hydrogen-bond donors (Lipinski definition) is 0. The van der Waals surface area contributed by atoms with Crippen LogP contribution in [0, 0.1) is 5.82 Å². The maximum Gasteiger partial charge on any atom is 0.260 e. The number of likely N-dealkylation sites (tertiary alicyclic amines) is 1. The largest absolute Gasteiger partial charge is 0.484 e. The van der Waals surface area contributed by atoms with Gasteiger partial charge in [0.2, 0.25) is 0 Å². The Morgan fingerprint density at radius 2 is 1.79 bits per heavy atom. The van der Waals surface area contributed by atoms with Crippen molar-refractivity contribution in [3.8, 4) is 5.75 Å². The lowest BCUT2D eigenvalue weighted by atomic mass is 10.0. The fourth-order valence-corrected chi connectivity index (χ4v) is 3.56. The van der Waals surface area contributed by atoms with E-state index in [0.717, 1.165) is 18.5 Å². The minimum absolute atomic E-state index is 0.0210. The van der Waals surface area contributed by atoms with E-state index in [0.29, 0.717) is 36.7 Å². The van der Waals surface area contributed by atoms with Crippen LogP contribution >= 0.6 is 0 Å². The van der Waals surface area contributed by atoms with Crippen molar-refractivity contribution in [3.05, 3.63) is 47.5 Å². The van der Waals surface area contributed by atoms with Gasteiger partial charge in [0.1, 0.15) is 11.6 Å². The maximum absolute atomic E-state index is 12.9. The molecule has 1 fully saturated rings. The summed E-state index contributed by atoms with van der Waals surface area (Å²) in [5.74, 6) is 0.979. The van der Waals surface area contributed by atoms with Crippen LogP contribution in [0.2, 0.25) is 0 Å². The van der Waals surface area contributed by atoms with Gasteiger partial charge in [0, 0.05) is 18.8 Å². The average Bonchev–Trinajstić information content (AvgIpc) is 3.13. The van der Waals surface area contributed by atoms with Crippen molar-refractivity contribution in [2.24, 2.45) is 0 Å². The molecule has 152 valence electrons. The van der Waals surface area contributed by atoms with Gasteiger partial charge in [0.05, 0.1) is 11.7 Å². The van der Waals surface area contributed by atoms with E-state index in [2.05, 4.69) is 38.4 Å².